The van der Waals surface area contributed by atoms with E-state index in [0.29, 0.717) is 17.3 Å². The van der Waals surface area contributed by atoms with Gasteiger partial charge in [0.15, 0.2) is 0 Å². The highest BCUT2D eigenvalue weighted by Crippen LogP contribution is 2.36. The van der Waals surface area contributed by atoms with Gasteiger partial charge in [0.25, 0.3) is 7.44 Å². The summed E-state index contributed by atoms with van der Waals surface area (Å²) < 4.78 is 78.2. The topological polar surface area (TPSA) is 54.0 Å². The fourth-order valence-electron chi connectivity index (χ4n) is 2.57. The van der Waals surface area contributed by atoms with E-state index >= 15 is 0 Å². The molecule has 1 aromatic heterocycles. The minimum atomic E-state index is -4.57. The Hall–Kier alpha value is -2.61. The Morgan fingerprint density at radius 2 is 1.23 bits per heavy atom. The highest BCUT2D eigenvalue weighted by atomic mass is 31.2. The molecule has 2 N–H and O–H groups in total. The fourth-order valence-corrected chi connectivity index (χ4v) is 4.32. The molecule has 30 heavy (non-hydrogen) atoms. The second-order valence-corrected chi connectivity index (χ2v) is 8.74. The average Bonchev–Trinajstić information content (AvgIpc) is 2.72. The minimum absolute atomic E-state index is 0.0523. The lowest BCUT2D eigenvalue weighted by Crippen LogP contribution is -2.31. The first kappa shape index (κ1) is 22.1. The van der Waals surface area contributed by atoms with Crippen LogP contribution in [0, 0.1) is 11.6 Å². The van der Waals surface area contributed by atoms with Crippen LogP contribution in [-0.2, 0) is 23.8 Å². The van der Waals surface area contributed by atoms with Crippen LogP contribution in [0.25, 0.3) is 0 Å². The highest BCUT2D eigenvalue weighted by molar-refractivity contribution is 7.67. The van der Waals surface area contributed by atoms with Gasteiger partial charge in [-0.15, -0.1) is 0 Å². The molecule has 0 saturated heterocycles. The van der Waals surface area contributed by atoms with Gasteiger partial charge in [-0.2, -0.15) is 13.2 Å². The summed E-state index contributed by atoms with van der Waals surface area (Å²) in [4.78, 5) is 3.74. The Balaban J connectivity index is 1.83. The summed E-state index contributed by atoms with van der Waals surface area (Å²) in [6.07, 6.45) is -3.96. The molecule has 0 atom stereocenters. The van der Waals surface area contributed by atoms with E-state index in [0.717, 1.165) is 12.1 Å². The number of halogens is 5. The lowest BCUT2D eigenvalue weighted by Gasteiger charge is -2.21. The maximum atomic E-state index is 13.5. The summed E-state index contributed by atoms with van der Waals surface area (Å²) in [5.74, 6) is -0.860. The van der Waals surface area contributed by atoms with E-state index in [9.17, 15) is 26.5 Å². The Bertz CT molecular complexity index is 969. The van der Waals surface area contributed by atoms with E-state index in [4.69, 9.17) is 0 Å². The maximum Gasteiger partial charge on any atom is 0.417 e. The first-order valence-corrected chi connectivity index (χ1v) is 10.5. The number of rotatable bonds is 7. The van der Waals surface area contributed by atoms with Gasteiger partial charge in [-0.1, -0.05) is 24.3 Å². The van der Waals surface area contributed by atoms with Crippen molar-refractivity contribution < 1.29 is 26.5 Å². The van der Waals surface area contributed by atoms with Crippen molar-refractivity contribution in [1.29, 1.82) is 0 Å². The highest BCUT2D eigenvalue weighted by Gasteiger charge is 2.32. The number of alkyl halides is 3. The molecule has 158 valence electrons. The van der Waals surface area contributed by atoms with Gasteiger partial charge in [0.05, 0.1) is 5.56 Å². The molecule has 4 nitrogen and oxygen atoms in total. The van der Waals surface area contributed by atoms with Crippen LogP contribution < -0.4 is 15.6 Å². The van der Waals surface area contributed by atoms with Crippen molar-refractivity contribution in [3.05, 3.63) is 95.2 Å². The number of hydrogen-bond donors (Lipinski definition) is 2. The SMILES string of the molecule is O=P(NCc1ccc(F)cc1)(NCc1ccc(F)cc1)c1ccc(C(F)(F)F)cn1. The summed E-state index contributed by atoms with van der Waals surface area (Å²) in [7, 11) is -3.66. The van der Waals surface area contributed by atoms with Crippen molar-refractivity contribution in [3.8, 4) is 0 Å². The van der Waals surface area contributed by atoms with Gasteiger partial charge < -0.3 is 0 Å². The molecule has 10 heteroatoms. The van der Waals surface area contributed by atoms with Gasteiger partial charge >= 0.3 is 6.18 Å². The van der Waals surface area contributed by atoms with E-state index in [1.54, 1.807) is 0 Å². The molecule has 0 aliphatic carbocycles. The van der Waals surface area contributed by atoms with E-state index in [2.05, 4.69) is 15.2 Å². The predicted octanol–water partition coefficient (Wildman–Crippen LogP) is 4.78. The number of benzene rings is 2. The summed E-state index contributed by atoms with van der Waals surface area (Å²) in [6.45, 7) is 0.105. The Kier molecular flexibility index (Phi) is 6.65. The average molecular weight is 441 g/mol. The van der Waals surface area contributed by atoms with Gasteiger partial charge in [-0.05, 0) is 47.5 Å². The number of nitrogens with one attached hydrogen (secondary N) is 2. The van der Waals surface area contributed by atoms with Gasteiger partial charge in [0.2, 0.25) is 0 Å². The quantitative estimate of drug-likeness (QED) is 0.410. The van der Waals surface area contributed by atoms with Crippen LogP contribution in [0.2, 0.25) is 0 Å². The second-order valence-electron chi connectivity index (χ2n) is 6.43. The lowest BCUT2D eigenvalue weighted by molar-refractivity contribution is -0.137. The largest absolute Gasteiger partial charge is 0.417 e. The Labute approximate surface area is 169 Å². The molecule has 1 heterocycles. The predicted molar refractivity (Wildman–Crippen MR) is 103 cm³/mol. The lowest BCUT2D eigenvalue weighted by atomic mass is 10.2. The molecule has 0 aliphatic heterocycles. The van der Waals surface area contributed by atoms with Crippen LogP contribution >= 0.6 is 7.44 Å². The van der Waals surface area contributed by atoms with E-state index in [-0.39, 0.29) is 18.5 Å². The zero-order chi connectivity index (χ0) is 21.8. The van der Waals surface area contributed by atoms with Crippen LogP contribution in [-0.4, -0.2) is 4.98 Å². The van der Waals surface area contributed by atoms with Crippen molar-refractivity contribution in [2.45, 2.75) is 19.3 Å². The molecular weight excluding hydrogens is 424 g/mol. The third kappa shape index (κ3) is 5.72. The van der Waals surface area contributed by atoms with Crippen molar-refractivity contribution >= 4 is 12.9 Å². The fraction of sp³-hybridized carbons (Fsp3) is 0.150. The molecule has 3 rings (SSSR count). The third-order valence-corrected chi connectivity index (χ3v) is 6.35. The molecular formula is C20H17F5N3OP. The summed E-state index contributed by atoms with van der Waals surface area (Å²) in [5, 5.41) is 5.58. The summed E-state index contributed by atoms with van der Waals surface area (Å²) >= 11 is 0. The smallest absolute Gasteiger partial charge is 0.282 e. The van der Waals surface area contributed by atoms with E-state index in [1.165, 1.54) is 48.5 Å². The maximum absolute atomic E-state index is 13.5. The number of aromatic nitrogens is 1. The van der Waals surface area contributed by atoms with Crippen LogP contribution in [0.3, 0.4) is 0 Å². The minimum Gasteiger partial charge on any atom is -0.282 e. The third-order valence-electron chi connectivity index (χ3n) is 4.24. The van der Waals surface area contributed by atoms with Crippen molar-refractivity contribution in [3.63, 3.8) is 0 Å². The number of pyridine rings is 1. The van der Waals surface area contributed by atoms with Crippen LogP contribution in [0.4, 0.5) is 22.0 Å². The number of hydrogen-bond acceptors (Lipinski definition) is 2. The van der Waals surface area contributed by atoms with E-state index in [1.807, 2.05) is 0 Å². The zero-order valence-corrected chi connectivity index (χ0v) is 16.4. The van der Waals surface area contributed by atoms with Gasteiger partial charge in [0.1, 0.15) is 17.1 Å². The van der Waals surface area contributed by atoms with Gasteiger partial charge in [-0.25, -0.2) is 23.9 Å². The molecule has 0 spiro atoms. The summed E-state index contributed by atoms with van der Waals surface area (Å²) in [5.41, 5.74) is 0.175. The molecule has 0 radical (unpaired) electrons. The molecule has 3 aromatic rings. The van der Waals surface area contributed by atoms with Crippen LogP contribution in [0.1, 0.15) is 16.7 Å². The van der Waals surface area contributed by atoms with Crippen molar-refractivity contribution in [2.75, 3.05) is 0 Å². The molecule has 2 aromatic carbocycles. The standard InChI is InChI=1S/C20H17F5N3OP/c21-17-6-1-14(2-7-17)11-27-30(29,28-12-15-3-8-18(22)9-4-15)19-10-5-16(13-26-19)20(23,24)25/h1-10,13H,11-12H2,(H2,27,28,29). The molecule has 0 amide bonds. The van der Waals surface area contributed by atoms with Crippen LogP contribution in [0.5, 0.6) is 0 Å². The first-order chi connectivity index (χ1) is 14.2. The molecule has 0 saturated carbocycles. The molecule has 0 unspecified atom stereocenters. The normalized spacial score (nSPS) is 12.2. The molecule has 0 fully saturated rings. The Morgan fingerprint density at radius 3 is 1.60 bits per heavy atom. The van der Waals surface area contributed by atoms with Gasteiger partial charge in [0, 0.05) is 19.3 Å². The van der Waals surface area contributed by atoms with Crippen molar-refractivity contribution in [1.82, 2.24) is 15.2 Å². The van der Waals surface area contributed by atoms with Crippen molar-refractivity contribution in [2.24, 2.45) is 0 Å². The summed E-state index contributed by atoms with van der Waals surface area (Å²) in [6, 6.07) is 12.8. The first-order valence-electron chi connectivity index (χ1n) is 8.79. The number of nitrogens with zero attached hydrogens (tertiary/aromatic N) is 1. The monoisotopic (exact) mass is 441 g/mol. The molecule has 0 bridgehead atoms. The van der Waals surface area contributed by atoms with Crippen LogP contribution in [0.15, 0.2) is 66.9 Å². The van der Waals surface area contributed by atoms with E-state index < -0.39 is 30.8 Å². The van der Waals surface area contributed by atoms with Gasteiger partial charge in [-0.3, -0.25) is 4.57 Å². The zero-order valence-electron chi connectivity index (χ0n) is 15.5. The Morgan fingerprint density at radius 1 is 0.767 bits per heavy atom. The molecule has 0 aliphatic rings. The second kappa shape index (κ2) is 9.04.